The number of fused-ring (bicyclic) bond motifs is 1. The van der Waals surface area contributed by atoms with Crippen molar-refractivity contribution in [2.24, 2.45) is 0 Å². The van der Waals surface area contributed by atoms with Gasteiger partial charge in [0.05, 0.1) is 6.04 Å². The molecule has 3 saturated heterocycles. The van der Waals surface area contributed by atoms with E-state index in [9.17, 15) is 4.79 Å². The summed E-state index contributed by atoms with van der Waals surface area (Å²) in [6.07, 6.45) is 2.59. The van der Waals surface area contributed by atoms with Crippen molar-refractivity contribution in [3.05, 3.63) is 0 Å². The predicted molar refractivity (Wildman–Crippen MR) is 61.4 cm³/mol. The van der Waals surface area contributed by atoms with Crippen LogP contribution in [0.15, 0.2) is 0 Å². The van der Waals surface area contributed by atoms with Crippen molar-refractivity contribution in [3.8, 4) is 0 Å². The van der Waals surface area contributed by atoms with E-state index in [-0.39, 0.29) is 6.03 Å². The summed E-state index contributed by atoms with van der Waals surface area (Å²) >= 11 is 0. The number of rotatable bonds is 1. The van der Waals surface area contributed by atoms with Gasteiger partial charge in [0.25, 0.3) is 0 Å². The maximum absolute atomic E-state index is 11.5. The molecule has 0 saturated carbocycles. The van der Waals surface area contributed by atoms with Gasteiger partial charge in [0.2, 0.25) is 0 Å². The molecule has 5 heteroatoms. The number of carbonyl (C=O) groups excluding carboxylic acids is 1. The first-order valence-corrected chi connectivity index (χ1v) is 6.34. The Balaban J connectivity index is 1.61. The van der Waals surface area contributed by atoms with Gasteiger partial charge in [0.1, 0.15) is 0 Å². The summed E-state index contributed by atoms with van der Waals surface area (Å²) in [5.74, 6) is 0. The molecule has 0 aromatic carbocycles. The van der Waals surface area contributed by atoms with Crippen LogP contribution in [-0.4, -0.2) is 67.2 Å². The molecule has 0 radical (unpaired) electrons. The third-order valence-electron chi connectivity index (χ3n) is 4.05. The van der Waals surface area contributed by atoms with E-state index in [0.717, 1.165) is 32.7 Å². The molecule has 0 bridgehead atoms. The van der Waals surface area contributed by atoms with Crippen molar-refractivity contribution in [3.63, 3.8) is 0 Å². The van der Waals surface area contributed by atoms with Gasteiger partial charge < -0.3 is 15.5 Å². The van der Waals surface area contributed by atoms with Crippen LogP contribution < -0.4 is 10.6 Å². The highest BCUT2D eigenvalue weighted by molar-refractivity contribution is 5.77. The number of nitrogens with zero attached hydrogens (tertiary/aromatic N) is 2. The molecule has 2 N–H and O–H groups in total. The van der Waals surface area contributed by atoms with Crippen LogP contribution in [0.4, 0.5) is 4.79 Å². The molecule has 3 aliphatic heterocycles. The van der Waals surface area contributed by atoms with Gasteiger partial charge in [0.15, 0.2) is 0 Å². The number of hydrogen-bond donors (Lipinski definition) is 2. The summed E-state index contributed by atoms with van der Waals surface area (Å²) in [5, 5.41) is 6.39. The third kappa shape index (κ3) is 1.78. The van der Waals surface area contributed by atoms with Crippen molar-refractivity contribution in [2.75, 3.05) is 39.3 Å². The van der Waals surface area contributed by atoms with Crippen molar-refractivity contribution < 1.29 is 4.79 Å². The summed E-state index contributed by atoms with van der Waals surface area (Å²) < 4.78 is 0. The quantitative estimate of drug-likeness (QED) is 0.628. The maximum atomic E-state index is 11.5. The lowest BCUT2D eigenvalue weighted by Gasteiger charge is -2.42. The number of hydrogen-bond acceptors (Lipinski definition) is 3. The second-order valence-electron chi connectivity index (χ2n) is 5.03. The molecule has 3 fully saturated rings. The summed E-state index contributed by atoms with van der Waals surface area (Å²) in [7, 11) is 0. The molecule has 2 atom stereocenters. The van der Waals surface area contributed by atoms with Gasteiger partial charge in [-0.3, -0.25) is 4.90 Å². The molecule has 0 aliphatic carbocycles. The minimum absolute atomic E-state index is 0.131. The molecule has 5 nitrogen and oxygen atoms in total. The summed E-state index contributed by atoms with van der Waals surface area (Å²) in [4.78, 5) is 16.0. The van der Waals surface area contributed by atoms with Crippen molar-refractivity contribution in [2.45, 2.75) is 24.9 Å². The zero-order chi connectivity index (χ0) is 11.0. The van der Waals surface area contributed by atoms with Gasteiger partial charge in [-0.1, -0.05) is 0 Å². The fourth-order valence-corrected chi connectivity index (χ4v) is 3.10. The molecule has 16 heavy (non-hydrogen) atoms. The third-order valence-corrected chi connectivity index (χ3v) is 4.05. The molecule has 2 unspecified atom stereocenters. The monoisotopic (exact) mass is 224 g/mol. The SMILES string of the molecule is O=C1NCC2CN(C3CCCNC3)CCN12. The van der Waals surface area contributed by atoms with Crippen molar-refractivity contribution >= 4 is 6.03 Å². The largest absolute Gasteiger partial charge is 0.336 e. The highest BCUT2D eigenvalue weighted by Gasteiger charge is 2.37. The molecule has 3 rings (SSSR count). The summed E-state index contributed by atoms with van der Waals surface area (Å²) in [6.45, 7) is 6.10. The number of piperidine rings is 1. The van der Waals surface area contributed by atoms with Gasteiger partial charge in [0, 0.05) is 38.8 Å². The minimum Gasteiger partial charge on any atom is -0.336 e. The first-order valence-electron chi connectivity index (χ1n) is 6.34. The fraction of sp³-hybridized carbons (Fsp3) is 0.909. The van der Waals surface area contributed by atoms with Crippen LogP contribution in [0.1, 0.15) is 12.8 Å². The Bertz CT molecular complexity index is 277. The highest BCUT2D eigenvalue weighted by atomic mass is 16.2. The Hall–Kier alpha value is -0.810. The minimum atomic E-state index is 0.131. The van der Waals surface area contributed by atoms with E-state index >= 15 is 0 Å². The molecular formula is C11H20N4O. The first-order chi connectivity index (χ1) is 7.84. The van der Waals surface area contributed by atoms with Crippen LogP contribution in [0.2, 0.25) is 0 Å². The van der Waals surface area contributed by atoms with Crippen LogP contribution in [0, 0.1) is 0 Å². The molecule has 3 heterocycles. The lowest BCUT2D eigenvalue weighted by atomic mass is 10.0. The van der Waals surface area contributed by atoms with Gasteiger partial charge in [-0.25, -0.2) is 4.79 Å². The average Bonchev–Trinajstić information content (AvgIpc) is 2.72. The Labute approximate surface area is 96.2 Å². The van der Waals surface area contributed by atoms with Crippen LogP contribution in [0.3, 0.4) is 0 Å². The average molecular weight is 224 g/mol. The predicted octanol–water partition coefficient (Wildman–Crippen LogP) is -0.552. The van der Waals surface area contributed by atoms with E-state index < -0.39 is 0 Å². The van der Waals surface area contributed by atoms with Crippen LogP contribution >= 0.6 is 0 Å². The van der Waals surface area contributed by atoms with E-state index in [2.05, 4.69) is 15.5 Å². The molecule has 90 valence electrons. The molecule has 0 aromatic heterocycles. The van der Waals surface area contributed by atoms with Crippen LogP contribution in [0.25, 0.3) is 0 Å². The van der Waals surface area contributed by atoms with E-state index in [1.165, 1.54) is 19.4 Å². The smallest absolute Gasteiger partial charge is 0.317 e. The maximum Gasteiger partial charge on any atom is 0.317 e. The first kappa shape index (κ1) is 10.4. The summed E-state index contributed by atoms with van der Waals surface area (Å²) in [5.41, 5.74) is 0. The zero-order valence-corrected chi connectivity index (χ0v) is 9.61. The molecule has 3 aliphatic rings. The lowest BCUT2D eigenvalue weighted by molar-refractivity contribution is 0.0774. The molecule has 2 amide bonds. The van der Waals surface area contributed by atoms with E-state index in [1.54, 1.807) is 0 Å². The fourth-order valence-electron chi connectivity index (χ4n) is 3.10. The highest BCUT2D eigenvalue weighted by Crippen LogP contribution is 2.18. The Morgan fingerprint density at radius 2 is 2.12 bits per heavy atom. The lowest BCUT2D eigenvalue weighted by Crippen LogP contribution is -2.57. The van der Waals surface area contributed by atoms with Crippen LogP contribution in [0.5, 0.6) is 0 Å². The Kier molecular flexibility index (Phi) is 2.73. The normalized spacial score (nSPS) is 36.0. The van der Waals surface area contributed by atoms with Gasteiger partial charge in [-0.05, 0) is 19.4 Å². The zero-order valence-electron chi connectivity index (χ0n) is 9.61. The van der Waals surface area contributed by atoms with Crippen molar-refractivity contribution in [1.82, 2.24) is 20.4 Å². The molecule has 0 aromatic rings. The van der Waals surface area contributed by atoms with E-state index in [1.807, 2.05) is 4.90 Å². The van der Waals surface area contributed by atoms with Gasteiger partial charge in [-0.15, -0.1) is 0 Å². The Morgan fingerprint density at radius 1 is 1.19 bits per heavy atom. The second-order valence-corrected chi connectivity index (χ2v) is 5.03. The Morgan fingerprint density at radius 3 is 2.94 bits per heavy atom. The number of amides is 2. The second kappa shape index (κ2) is 4.22. The number of carbonyl (C=O) groups is 1. The number of urea groups is 1. The van der Waals surface area contributed by atoms with Gasteiger partial charge in [-0.2, -0.15) is 0 Å². The van der Waals surface area contributed by atoms with E-state index in [0.29, 0.717) is 12.1 Å². The standard InChI is InChI=1S/C11H20N4O/c16-11-13-7-10-8-14(4-5-15(10)11)9-2-1-3-12-6-9/h9-10,12H,1-8H2,(H,13,16). The number of piperazine rings is 1. The number of nitrogens with one attached hydrogen (secondary N) is 2. The molecular weight excluding hydrogens is 204 g/mol. The molecule has 0 spiro atoms. The van der Waals surface area contributed by atoms with E-state index in [4.69, 9.17) is 0 Å². The van der Waals surface area contributed by atoms with Gasteiger partial charge >= 0.3 is 6.03 Å². The van der Waals surface area contributed by atoms with Crippen molar-refractivity contribution in [1.29, 1.82) is 0 Å². The van der Waals surface area contributed by atoms with Crippen LogP contribution in [-0.2, 0) is 0 Å². The topological polar surface area (TPSA) is 47.6 Å². The summed E-state index contributed by atoms with van der Waals surface area (Å²) in [6, 6.07) is 1.22.